The number of carbonyl (C=O) groups excluding carboxylic acids is 1. The van der Waals surface area contributed by atoms with Gasteiger partial charge in [-0.15, -0.1) is 0 Å². The summed E-state index contributed by atoms with van der Waals surface area (Å²) in [6.07, 6.45) is 3.69. The van der Waals surface area contributed by atoms with Gasteiger partial charge >= 0.3 is 6.03 Å². The van der Waals surface area contributed by atoms with E-state index in [0.29, 0.717) is 12.1 Å². The number of benzene rings is 2. The molecular formula is C22H22F4N2O. The topological polar surface area (TPSA) is 41.1 Å². The van der Waals surface area contributed by atoms with Gasteiger partial charge in [-0.05, 0) is 60.8 Å². The number of hydrogen-bond acceptors (Lipinski definition) is 1. The maximum absolute atomic E-state index is 14.3. The van der Waals surface area contributed by atoms with Crippen LogP contribution in [0.3, 0.4) is 0 Å². The third kappa shape index (κ3) is 4.09. The van der Waals surface area contributed by atoms with Gasteiger partial charge in [-0.25, -0.2) is 13.6 Å². The van der Waals surface area contributed by atoms with Crippen molar-refractivity contribution < 1.29 is 22.4 Å². The van der Waals surface area contributed by atoms with Crippen LogP contribution in [0.4, 0.5) is 22.4 Å². The summed E-state index contributed by atoms with van der Waals surface area (Å²) >= 11 is 0. The first-order valence-electron chi connectivity index (χ1n) is 9.78. The zero-order valence-electron chi connectivity index (χ0n) is 15.7. The Morgan fingerprint density at radius 3 is 2.21 bits per heavy atom. The van der Waals surface area contributed by atoms with Gasteiger partial charge in [-0.1, -0.05) is 24.3 Å². The van der Waals surface area contributed by atoms with Gasteiger partial charge in [0.15, 0.2) is 0 Å². The Bertz CT molecular complexity index is 884. The second-order valence-corrected chi connectivity index (χ2v) is 7.96. The van der Waals surface area contributed by atoms with E-state index in [9.17, 15) is 22.4 Å². The average Bonchev–Trinajstić information content (AvgIpc) is 2.93. The lowest BCUT2D eigenvalue weighted by atomic mass is 9.94. The van der Waals surface area contributed by atoms with Gasteiger partial charge in [0.2, 0.25) is 0 Å². The van der Waals surface area contributed by atoms with Crippen molar-refractivity contribution in [2.75, 3.05) is 6.54 Å². The Morgan fingerprint density at radius 1 is 1.00 bits per heavy atom. The molecule has 2 aliphatic carbocycles. The summed E-state index contributed by atoms with van der Waals surface area (Å²) in [5.74, 6) is -5.38. The van der Waals surface area contributed by atoms with Crippen LogP contribution in [0.1, 0.15) is 29.5 Å². The van der Waals surface area contributed by atoms with Gasteiger partial charge in [0.1, 0.15) is 11.6 Å². The number of amides is 2. The summed E-state index contributed by atoms with van der Waals surface area (Å²) in [6.45, 7) is -1.07. The summed E-state index contributed by atoms with van der Waals surface area (Å²) in [7, 11) is 0. The number of nitrogens with one attached hydrogen (secondary N) is 2. The predicted molar refractivity (Wildman–Crippen MR) is 101 cm³/mol. The minimum Gasteiger partial charge on any atom is -0.335 e. The van der Waals surface area contributed by atoms with Gasteiger partial charge in [0.25, 0.3) is 5.92 Å². The van der Waals surface area contributed by atoms with Crippen LogP contribution in [0.25, 0.3) is 0 Å². The Kier molecular flexibility index (Phi) is 5.23. The maximum atomic E-state index is 14.3. The van der Waals surface area contributed by atoms with Crippen molar-refractivity contribution >= 4 is 6.03 Å². The van der Waals surface area contributed by atoms with Gasteiger partial charge in [-0.2, -0.15) is 8.78 Å². The molecule has 1 saturated carbocycles. The van der Waals surface area contributed by atoms with Crippen LogP contribution in [-0.2, 0) is 18.8 Å². The van der Waals surface area contributed by atoms with Crippen molar-refractivity contribution in [1.82, 2.24) is 10.6 Å². The van der Waals surface area contributed by atoms with Crippen LogP contribution >= 0.6 is 0 Å². The second-order valence-electron chi connectivity index (χ2n) is 7.96. The average molecular weight is 406 g/mol. The monoisotopic (exact) mass is 406 g/mol. The van der Waals surface area contributed by atoms with E-state index in [4.69, 9.17) is 0 Å². The lowest BCUT2D eigenvalue weighted by Crippen LogP contribution is -2.49. The van der Waals surface area contributed by atoms with Crippen LogP contribution < -0.4 is 10.6 Å². The SMILES string of the molecule is O=C(NCC(F)(F)c1ccc(F)cc1F)NC1C2CCC1Cc1ccccc1C2. The molecule has 4 rings (SSSR count). The van der Waals surface area contributed by atoms with Crippen LogP contribution in [0, 0.1) is 23.5 Å². The molecule has 0 radical (unpaired) electrons. The largest absolute Gasteiger partial charge is 0.335 e. The molecular weight excluding hydrogens is 384 g/mol. The molecule has 2 N–H and O–H groups in total. The highest BCUT2D eigenvalue weighted by Crippen LogP contribution is 2.40. The molecule has 0 heterocycles. The maximum Gasteiger partial charge on any atom is 0.315 e. The molecule has 2 aromatic rings. The number of rotatable bonds is 4. The number of halogens is 4. The van der Waals surface area contributed by atoms with Crippen molar-refractivity contribution in [3.63, 3.8) is 0 Å². The first kappa shape index (κ1) is 19.7. The fourth-order valence-corrected chi connectivity index (χ4v) is 4.66. The Morgan fingerprint density at radius 2 is 1.62 bits per heavy atom. The van der Waals surface area contributed by atoms with Gasteiger partial charge in [-0.3, -0.25) is 0 Å². The fraction of sp³-hybridized carbons (Fsp3) is 0.409. The first-order valence-corrected chi connectivity index (χ1v) is 9.78. The molecule has 2 unspecified atom stereocenters. The summed E-state index contributed by atoms with van der Waals surface area (Å²) in [6, 6.07) is 9.31. The van der Waals surface area contributed by atoms with Gasteiger partial charge in [0.05, 0.1) is 12.1 Å². The summed E-state index contributed by atoms with van der Waals surface area (Å²) in [5.41, 5.74) is 1.62. The molecule has 7 heteroatoms. The van der Waals surface area contributed by atoms with Gasteiger partial charge < -0.3 is 10.6 Å². The van der Waals surface area contributed by atoms with Crippen LogP contribution in [0.5, 0.6) is 0 Å². The van der Waals surface area contributed by atoms with Crippen molar-refractivity contribution in [2.24, 2.45) is 11.8 Å². The molecule has 2 aliphatic rings. The Labute approximate surface area is 166 Å². The van der Waals surface area contributed by atoms with E-state index in [1.807, 2.05) is 12.1 Å². The Hall–Kier alpha value is -2.57. The number of carbonyl (C=O) groups is 1. The molecule has 0 aromatic heterocycles. The summed E-state index contributed by atoms with van der Waals surface area (Å²) in [4.78, 5) is 12.3. The number of urea groups is 1. The molecule has 0 saturated heterocycles. The van der Waals surface area contributed by atoms with Crippen molar-refractivity contribution in [2.45, 2.75) is 37.6 Å². The second kappa shape index (κ2) is 7.69. The van der Waals surface area contributed by atoms with Gasteiger partial charge in [0, 0.05) is 12.1 Å². The van der Waals surface area contributed by atoms with Crippen molar-refractivity contribution in [1.29, 1.82) is 0 Å². The molecule has 0 spiro atoms. The highest BCUT2D eigenvalue weighted by molar-refractivity contribution is 5.74. The lowest BCUT2D eigenvalue weighted by Gasteiger charge is -2.25. The van der Waals surface area contributed by atoms with E-state index in [-0.39, 0.29) is 17.9 Å². The predicted octanol–water partition coefficient (Wildman–Crippen LogP) is 4.55. The Balaban J connectivity index is 1.39. The summed E-state index contributed by atoms with van der Waals surface area (Å²) < 4.78 is 55.2. The van der Waals surface area contributed by atoms with Crippen LogP contribution in [0.15, 0.2) is 42.5 Å². The lowest BCUT2D eigenvalue weighted by molar-refractivity contribution is -0.00416. The number of hydrogen-bond donors (Lipinski definition) is 2. The third-order valence-corrected chi connectivity index (χ3v) is 6.10. The van der Waals surface area contributed by atoms with E-state index in [2.05, 4.69) is 22.8 Å². The molecule has 2 aromatic carbocycles. The van der Waals surface area contributed by atoms with Crippen LogP contribution in [0.2, 0.25) is 0 Å². The zero-order valence-corrected chi connectivity index (χ0v) is 15.7. The molecule has 2 amide bonds. The van der Waals surface area contributed by atoms with E-state index < -0.39 is 35.7 Å². The normalized spacial score (nSPS) is 23.2. The highest BCUT2D eigenvalue weighted by Gasteiger charge is 2.40. The first-order chi connectivity index (χ1) is 13.8. The molecule has 0 aliphatic heterocycles. The fourth-order valence-electron chi connectivity index (χ4n) is 4.66. The molecule has 154 valence electrons. The van der Waals surface area contributed by atoms with Crippen molar-refractivity contribution in [3.8, 4) is 0 Å². The van der Waals surface area contributed by atoms with Crippen LogP contribution in [-0.4, -0.2) is 18.6 Å². The minimum atomic E-state index is -3.65. The van der Waals surface area contributed by atoms with E-state index in [1.54, 1.807) is 0 Å². The van der Waals surface area contributed by atoms with Crippen molar-refractivity contribution in [3.05, 3.63) is 70.8 Å². The molecule has 2 bridgehead atoms. The standard InChI is InChI=1S/C22H22F4N2O/c23-17-7-8-18(19(24)11-17)22(25,26)12-27-21(29)28-20-15-5-6-16(20)10-14-4-2-1-3-13(14)9-15/h1-4,7-8,11,15-16,20H,5-6,9-10,12H2,(H2,27,28,29). The smallest absolute Gasteiger partial charge is 0.315 e. The molecule has 1 fully saturated rings. The minimum absolute atomic E-state index is 0.0846. The quantitative estimate of drug-likeness (QED) is 0.719. The van der Waals surface area contributed by atoms with E-state index >= 15 is 0 Å². The zero-order chi connectivity index (χ0) is 20.6. The highest BCUT2D eigenvalue weighted by atomic mass is 19.3. The summed E-state index contributed by atoms with van der Waals surface area (Å²) in [5, 5.41) is 5.03. The van der Waals surface area contributed by atoms with E-state index in [1.165, 1.54) is 11.1 Å². The molecule has 3 nitrogen and oxygen atoms in total. The molecule has 29 heavy (non-hydrogen) atoms. The molecule has 2 atom stereocenters. The number of fused-ring (bicyclic) bond motifs is 3. The van der Waals surface area contributed by atoms with E-state index in [0.717, 1.165) is 31.7 Å². The third-order valence-electron chi connectivity index (χ3n) is 6.10. The number of alkyl halides is 2.